The van der Waals surface area contributed by atoms with Crippen molar-refractivity contribution < 1.29 is 9.53 Å². The first-order valence-corrected chi connectivity index (χ1v) is 6.94. The van der Waals surface area contributed by atoms with Gasteiger partial charge in [0.1, 0.15) is 0 Å². The zero-order chi connectivity index (χ0) is 12.8. The second kappa shape index (κ2) is 3.92. The summed E-state index contributed by atoms with van der Waals surface area (Å²) in [6, 6.07) is 0. The van der Waals surface area contributed by atoms with Crippen molar-refractivity contribution in [2.24, 2.45) is 5.92 Å². The van der Waals surface area contributed by atoms with Gasteiger partial charge in [0, 0.05) is 10.9 Å². The van der Waals surface area contributed by atoms with E-state index in [1.165, 1.54) is 0 Å². The SMILES string of the molecule is Cc1cscc1C(=O)C1CC(C)(C)OC1(C)C. The van der Waals surface area contributed by atoms with E-state index in [0.717, 1.165) is 17.5 Å². The lowest BCUT2D eigenvalue weighted by molar-refractivity contribution is -0.0712. The third kappa shape index (κ3) is 2.31. The average molecular weight is 252 g/mol. The third-order valence-corrected chi connectivity index (χ3v) is 4.37. The number of carbonyl (C=O) groups is 1. The molecule has 17 heavy (non-hydrogen) atoms. The number of ketones is 1. The highest BCUT2D eigenvalue weighted by Crippen LogP contribution is 2.43. The maximum Gasteiger partial charge on any atom is 0.170 e. The molecule has 1 aliphatic heterocycles. The van der Waals surface area contributed by atoms with E-state index in [1.54, 1.807) is 11.3 Å². The van der Waals surface area contributed by atoms with Crippen LogP contribution in [-0.4, -0.2) is 17.0 Å². The Labute approximate surface area is 107 Å². The van der Waals surface area contributed by atoms with Crippen LogP contribution in [0.3, 0.4) is 0 Å². The van der Waals surface area contributed by atoms with Crippen LogP contribution in [0.4, 0.5) is 0 Å². The molecule has 2 nitrogen and oxygen atoms in total. The molecule has 0 N–H and O–H groups in total. The molecule has 1 atom stereocenters. The van der Waals surface area contributed by atoms with Crippen LogP contribution in [0.1, 0.15) is 50.0 Å². The minimum absolute atomic E-state index is 0.0363. The number of ether oxygens (including phenoxy) is 1. The van der Waals surface area contributed by atoms with E-state index in [1.807, 2.05) is 31.5 Å². The average Bonchev–Trinajstić information content (AvgIpc) is 2.66. The van der Waals surface area contributed by atoms with Crippen LogP contribution in [0.25, 0.3) is 0 Å². The fourth-order valence-corrected chi connectivity index (χ4v) is 3.61. The smallest absolute Gasteiger partial charge is 0.170 e. The number of Topliss-reactive ketones (excluding diaryl/α,β-unsaturated/α-hetero) is 1. The summed E-state index contributed by atoms with van der Waals surface area (Å²) in [5.74, 6) is 0.199. The number of aryl methyl sites for hydroxylation is 1. The molecule has 1 aromatic rings. The lowest BCUT2D eigenvalue weighted by atomic mass is 9.81. The normalized spacial score (nSPS) is 26.1. The molecule has 1 aromatic heterocycles. The monoisotopic (exact) mass is 252 g/mol. The second-order valence-electron chi connectivity index (χ2n) is 6.05. The molecule has 1 unspecified atom stereocenters. The molecular weight excluding hydrogens is 232 g/mol. The Morgan fingerprint density at radius 2 is 2.00 bits per heavy atom. The molecule has 2 rings (SSSR count). The van der Waals surface area contributed by atoms with Crippen molar-refractivity contribution in [2.75, 3.05) is 0 Å². The Bertz CT molecular complexity index is 443. The van der Waals surface area contributed by atoms with Crippen LogP contribution in [0, 0.1) is 12.8 Å². The zero-order valence-electron chi connectivity index (χ0n) is 11.2. The fourth-order valence-electron chi connectivity index (χ4n) is 2.77. The van der Waals surface area contributed by atoms with Gasteiger partial charge in [0.15, 0.2) is 5.78 Å². The molecule has 0 aliphatic carbocycles. The molecule has 1 aliphatic rings. The van der Waals surface area contributed by atoms with Gasteiger partial charge in [-0.3, -0.25) is 4.79 Å². The quantitative estimate of drug-likeness (QED) is 0.748. The summed E-state index contributed by atoms with van der Waals surface area (Å²) in [4.78, 5) is 12.6. The molecule has 0 bridgehead atoms. The summed E-state index contributed by atoms with van der Waals surface area (Å²) in [7, 11) is 0. The van der Waals surface area contributed by atoms with Crippen LogP contribution in [0.15, 0.2) is 10.8 Å². The van der Waals surface area contributed by atoms with Gasteiger partial charge < -0.3 is 4.74 Å². The highest BCUT2D eigenvalue weighted by atomic mass is 32.1. The van der Waals surface area contributed by atoms with E-state index in [9.17, 15) is 4.79 Å². The van der Waals surface area contributed by atoms with E-state index in [2.05, 4.69) is 13.8 Å². The summed E-state index contributed by atoms with van der Waals surface area (Å²) in [6.07, 6.45) is 0.800. The van der Waals surface area contributed by atoms with Crippen LogP contribution in [-0.2, 0) is 4.74 Å². The molecule has 0 aromatic carbocycles. The first kappa shape index (κ1) is 12.8. The van der Waals surface area contributed by atoms with E-state index in [-0.39, 0.29) is 22.9 Å². The predicted octanol–water partition coefficient (Wildman–Crippen LogP) is 3.83. The number of carbonyl (C=O) groups excluding carboxylic acids is 1. The van der Waals surface area contributed by atoms with Crippen LogP contribution in [0.2, 0.25) is 0 Å². The van der Waals surface area contributed by atoms with Crippen molar-refractivity contribution in [2.45, 2.75) is 52.2 Å². The van der Waals surface area contributed by atoms with Crippen molar-refractivity contribution in [1.82, 2.24) is 0 Å². The minimum Gasteiger partial charge on any atom is -0.369 e. The first-order chi connectivity index (χ1) is 7.73. The Kier molecular flexibility index (Phi) is 2.95. The summed E-state index contributed by atoms with van der Waals surface area (Å²) in [5.41, 5.74) is 1.39. The molecule has 0 radical (unpaired) electrons. The maximum absolute atomic E-state index is 12.6. The van der Waals surface area contributed by atoms with Gasteiger partial charge in [-0.05, 0) is 52.0 Å². The number of hydrogen-bond donors (Lipinski definition) is 0. The Morgan fingerprint density at radius 3 is 2.41 bits per heavy atom. The van der Waals surface area contributed by atoms with Gasteiger partial charge in [-0.2, -0.15) is 11.3 Å². The van der Waals surface area contributed by atoms with E-state index < -0.39 is 0 Å². The van der Waals surface area contributed by atoms with Crippen LogP contribution in [0.5, 0.6) is 0 Å². The topological polar surface area (TPSA) is 26.3 Å². The van der Waals surface area contributed by atoms with Gasteiger partial charge in [0.25, 0.3) is 0 Å². The predicted molar refractivity (Wildman–Crippen MR) is 70.7 cm³/mol. The molecule has 3 heteroatoms. The summed E-state index contributed by atoms with van der Waals surface area (Å²) < 4.78 is 5.99. The van der Waals surface area contributed by atoms with Gasteiger partial charge in [-0.15, -0.1) is 0 Å². The number of hydrogen-bond acceptors (Lipinski definition) is 3. The lowest BCUT2D eigenvalue weighted by Gasteiger charge is -2.26. The maximum atomic E-state index is 12.6. The number of thiophene rings is 1. The van der Waals surface area contributed by atoms with Gasteiger partial charge in [-0.1, -0.05) is 0 Å². The highest BCUT2D eigenvalue weighted by Gasteiger charge is 2.49. The van der Waals surface area contributed by atoms with Crippen molar-refractivity contribution in [3.05, 3.63) is 21.9 Å². The summed E-state index contributed by atoms with van der Waals surface area (Å²) in [5, 5.41) is 3.99. The van der Waals surface area contributed by atoms with Crippen molar-refractivity contribution in [3.63, 3.8) is 0 Å². The van der Waals surface area contributed by atoms with E-state index in [4.69, 9.17) is 4.74 Å². The van der Waals surface area contributed by atoms with Crippen LogP contribution >= 0.6 is 11.3 Å². The zero-order valence-corrected chi connectivity index (χ0v) is 12.0. The van der Waals surface area contributed by atoms with Gasteiger partial charge >= 0.3 is 0 Å². The van der Waals surface area contributed by atoms with Crippen molar-refractivity contribution in [3.8, 4) is 0 Å². The molecule has 1 fully saturated rings. The first-order valence-electron chi connectivity index (χ1n) is 6.00. The minimum atomic E-state index is -0.366. The fraction of sp³-hybridized carbons (Fsp3) is 0.643. The van der Waals surface area contributed by atoms with Crippen molar-refractivity contribution in [1.29, 1.82) is 0 Å². The lowest BCUT2D eigenvalue weighted by Crippen LogP contribution is -2.33. The van der Waals surface area contributed by atoms with Gasteiger partial charge in [0.05, 0.1) is 17.1 Å². The summed E-state index contributed by atoms with van der Waals surface area (Å²) in [6.45, 7) is 10.2. The Balaban J connectivity index is 2.30. The standard InChI is InChI=1S/C14H20O2S/c1-9-7-17-8-10(9)12(15)11-6-13(2,3)16-14(11,4)5/h7-8,11H,6H2,1-5H3. The van der Waals surface area contributed by atoms with Gasteiger partial charge in [0.2, 0.25) is 0 Å². The number of rotatable bonds is 2. The highest BCUT2D eigenvalue weighted by molar-refractivity contribution is 7.08. The van der Waals surface area contributed by atoms with E-state index >= 15 is 0 Å². The molecular formula is C14H20O2S. The molecule has 1 saturated heterocycles. The van der Waals surface area contributed by atoms with Gasteiger partial charge in [-0.25, -0.2) is 0 Å². The summed E-state index contributed by atoms with van der Waals surface area (Å²) >= 11 is 1.59. The largest absolute Gasteiger partial charge is 0.369 e. The molecule has 0 spiro atoms. The van der Waals surface area contributed by atoms with Crippen molar-refractivity contribution >= 4 is 17.1 Å². The molecule has 94 valence electrons. The van der Waals surface area contributed by atoms with Crippen LogP contribution < -0.4 is 0 Å². The third-order valence-electron chi connectivity index (χ3n) is 3.51. The molecule has 2 heterocycles. The second-order valence-corrected chi connectivity index (χ2v) is 6.80. The Hall–Kier alpha value is -0.670. The Morgan fingerprint density at radius 1 is 1.35 bits per heavy atom. The molecule has 0 saturated carbocycles. The molecule has 0 amide bonds. The van der Waals surface area contributed by atoms with E-state index in [0.29, 0.717) is 0 Å².